The van der Waals surface area contributed by atoms with Crippen molar-refractivity contribution in [3.63, 3.8) is 0 Å². The zero-order valence-electron chi connectivity index (χ0n) is 30.1. The fraction of sp³-hybridized carbons (Fsp3) is 0.550. The largest absolute Gasteiger partial charge is 0.390 e. The van der Waals surface area contributed by atoms with Gasteiger partial charge in [0, 0.05) is 39.5 Å². The molecule has 11 heteroatoms. The van der Waals surface area contributed by atoms with Crippen molar-refractivity contribution < 1.29 is 28.2 Å². The molecule has 1 fully saturated rings. The highest BCUT2D eigenvalue weighted by Gasteiger charge is 2.35. The van der Waals surface area contributed by atoms with Crippen LogP contribution in [0.3, 0.4) is 0 Å². The van der Waals surface area contributed by atoms with E-state index in [-0.39, 0.29) is 38.1 Å². The van der Waals surface area contributed by atoms with E-state index in [9.17, 15) is 28.2 Å². The maximum absolute atomic E-state index is 13.9. The highest BCUT2D eigenvalue weighted by molar-refractivity contribution is 7.89. The van der Waals surface area contributed by atoms with Crippen LogP contribution in [0.15, 0.2) is 60.7 Å². The number of carbonyl (C=O) groups is 2. The molecule has 0 unspecified atom stereocenters. The maximum Gasteiger partial charge on any atom is 0.243 e. The average Bonchev–Trinajstić information content (AvgIpc) is 3.12. The van der Waals surface area contributed by atoms with Gasteiger partial charge in [-0.25, -0.2) is 12.7 Å². The average molecular weight is 721 g/mol. The molecule has 278 valence electrons. The third kappa shape index (κ3) is 14.4. The molecule has 0 saturated heterocycles. The van der Waals surface area contributed by atoms with E-state index in [1.807, 2.05) is 72.6 Å². The molecule has 1 aliphatic rings. The van der Waals surface area contributed by atoms with Crippen LogP contribution in [-0.4, -0.2) is 96.9 Å². The minimum atomic E-state index is -3.90. The summed E-state index contributed by atoms with van der Waals surface area (Å²) >= 11 is 0. The van der Waals surface area contributed by atoms with Gasteiger partial charge in [-0.15, -0.1) is 24.7 Å². The Balaban J connectivity index is 1.74. The van der Waals surface area contributed by atoms with Gasteiger partial charge < -0.3 is 25.7 Å². The molecule has 0 spiro atoms. The van der Waals surface area contributed by atoms with Gasteiger partial charge in [0.15, 0.2) is 0 Å². The number of terminal acetylenes is 2. The molecular formula is C40H56N4O6S. The van der Waals surface area contributed by atoms with Crippen LogP contribution in [0.5, 0.6) is 0 Å². The van der Waals surface area contributed by atoms with Gasteiger partial charge in [-0.05, 0) is 43.4 Å². The van der Waals surface area contributed by atoms with Crippen molar-refractivity contribution in [3.05, 3.63) is 71.8 Å². The molecule has 0 aromatic heterocycles. The zero-order chi connectivity index (χ0) is 37.2. The molecule has 2 aromatic carbocycles. The van der Waals surface area contributed by atoms with Gasteiger partial charge in [0.1, 0.15) is 12.1 Å². The number of aliphatic hydroxyl groups excluding tert-OH is 2. The molecule has 2 amide bonds. The zero-order valence-corrected chi connectivity index (χ0v) is 30.9. The van der Waals surface area contributed by atoms with Crippen LogP contribution in [0, 0.1) is 36.5 Å². The van der Waals surface area contributed by atoms with Gasteiger partial charge in [-0.1, -0.05) is 92.8 Å². The van der Waals surface area contributed by atoms with Crippen LogP contribution in [0.1, 0.15) is 68.9 Å². The second-order valence-electron chi connectivity index (χ2n) is 13.8. The van der Waals surface area contributed by atoms with E-state index in [4.69, 9.17) is 12.8 Å². The first-order valence-corrected chi connectivity index (χ1v) is 19.6. The molecule has 0 aliphatic heterocycles. The van der Waals surface area contributed by atoms with E-state index >= 15 is 0 Å². The predicted molar refractivity (Wildman–Crippen MR) is 201 cm³/mol. The molecule has 3 rings (SSSR count). The second-order valence-corrected chi connectivity index (χ2v) is 16.0. The number of hydrogen-bond donors (Lipinski definition) is 4. The van der Waals surface area contributed by atoms with Crippen molar-refractivity contribution >= 4 is 21.8 Å². The fourth-order valence-electron chi connectivity index (χ4n) is 6.57. The van der Waals surface area contributed by atoms with Crippen molar-refractivity contribution in [1.82, 2.24) is 19.8 Å². The number of sulfonamides is 1. The van der Waals surface area contributed by atoms with Crippen LogP contribution in [0.25, 0.3) is 0 Å². The Morgan fingerprint density at radius 2 is 1.51 bits per heavy atom. The van der Waals surface area contributed by atoms with Gasteiger partial charge in [-0.2, -0.15) is 0 Å². The molecule has 2 aromatic rings. The Bertz CT molecular complexity index is 1540. The number of hydrogen-bond acceptors (Lipinski definition) is 7. The highest BCUT2D eigenvalue weighted by Crippen LogP contribution is 2.29. The second kappa shape index (κ2) is 21.6. The molecular weight excluding hydrogens is 665 g/mol. The number of amides is 2. The summed E-state index contributed by atoms with van der Waals surface area (Å²) in [6.07, 6.45) is 14.6. The third-order valence-electron chi connectivity index (χ3n) is 9.66. The smallest absolute Gasteiger partial charge is 0.243 e. The van der Waals surface area contributed by atoms with Crippen LogP contribution >= 0.6 is 0 Å². The van der Waals surface area contributed by atoms with Crippen LogP contribution < -0.4 is 10.6 Å². The van der Waals surface area contributed by atoms with Crippen LogP contribution in [-0.2, 0) is 32.6 Å². The summed E-state index contributed by atoms with van der Waals surface area (Å²) in [6, 6.07) is 17.0. The number of benzene rings is 2. The van der Waals surface area contributed by atoms with E-state index < -0.39 is 57.8 Å². The van der Waals surface area contributed by atoms with Gasteiger partial charge in [0.2, 0.25) is 21.8 Å². The first-order chi connectivity index (χ1) is 24.4. The maximum atomic E-state index is 13.9. The van der Waals surface area contributed by atoms with E-state index in [1.54, 1.807) is 0 Å². The number of carbonyl (C=O) groups excluding carboxylic acids is 2. The minimum absolute atomic E-state index is 0.127. The summed E-state index contributed by atoms with van der Waals surface area (Å²) in [5.74, 6) is 2.45. The van der Waals surface area contributed by atoms with Gasteiger partial charge in [0.25, 0.3) is 0 Å². The topological polar surface area (TPSA) is 139 Å². The Hall–Kier alpha value is -3.71. The SMILES string of the molecule is C#CCC[C@H](O)[C@H](O)[C@H](CC1CCCCC1)NC(=O)[C@H](CC#C)NC(=O)[C@H](Cc1ccccc1)CS(=O)(=O)N(C)CCN(C)Cc1ccccc1. The predicted octanol–water partition coefficient (Wildman–Crippen LogP) is 3.34. The van der Waals surface area contributed by atoms with Crippen molar-refractivity contribution in [2.45, 2.75) is 95.0 Å². The fourth-order valence-corrected chi connectivity index (χ4v) is 7.96. The van der Waals surface area contributed by atoms with Crippen molar-refractivity contribution in [1.29, 1.82) is 0 Å². The molecule has 10 nitrogen and oxygen atoms in total. The number of aliphatic hydroxyl groups is 2. The lowest BCUT2D eigenvalue weighted by molar-refractivity contribution is -0.132. The minimum Gasteiger partial charge on any atom is -0.390 e. The number of rotatable bonds is 21. The van der Waals surface area contributed by atoms with Crippen LogP contribution in [0.4, 0.5) is 0 Å². The Morgan fingerprint density at radius 1 is 0.882 bits per heavy atom. The Kier molecular flexibility index (Phi) is 17.7. The lowest BCUT2D eigenvalue weighted by atomic mass is 9.82. The van der Waals surface area contributed by atoms with E-state index in [1.165, 1.54) is 11.4 Å². The molecule has 1 saturated carbocycles. The van der Waals surface area contributed by atoms with E-state index in [0.29, 0.717) is 19.5 Å². The molecule has 0 radical (unpaired) electrons. The number of likely N-dealkylation sites (N-methyl/N-ethyl adjacent to an activating group) is 2. The molecule has 0 bridgehead atoms. The lowest BCUT2D eigenvalue weighted by Crippen LogP contribution is -2.56. The molecule has 5 atom stereocenters. The summed E-state index contributed by atoms with van der Waals surface area (Å²) in [7, 11) is -0.465. The van der Waals surface area contributed by atoms with E-state index in [0.717, 1.165) is 43.2 Å². The summed E-state index contributed by atoms with van der Waals surface area (Å²) in [6.45, 7) is 1.37. The third-order valence-corrected chi connectivity index (χ3v) is 11.6. The van der Waals surface area contributed by atoms with E-state index in [2.05, 4.69) is 22.5 Å². The molecule has 1 aliphatic carbocycles. The summed E-state index contributed by atoms with van der Waals surface area (Å²) in [5.41, 5.74) is 1.89. The Morgan fingerprint density at radius 3 is 2.12 bits per heavy atom. The van der Waals surface area contributed by atoms with Gasteiger partial charge in [-0.3, -0.25) is 9.59 Å². The number of nitrogens with one attached hydrogen (secondary N) is 2. The first kappa shape index (κ1) is 41.7. The van der Waals surface area contributed by atoms with Crippen LogP contribution in [0.2, 0.25) is 0 Å². The standard InChI is InChI=1S/C40H56N4O6S/c1-5-7-24-37(45)38(46)36(28-32-20-13-9-14-21-32)42-40(48)35(17-6-2)41-39(47)34(27-31-18-11-8-12-19-31)30-51(49,50)44(4)26-25-43(3)29-33-22-15-10-16-23-33/h1-2,8,10-12,15-16,18-19,22-23,32,34-38,45-46H,7,9,13-14,17,20-21,24-30H2,3-4H3,(H,41,47)(H,42,48)/t34-,35+,36+,37+,38-/m1/s1. The highest BCUT2D eigenvalue weighted by atomic mass is 32.2. The summed E-state index contributed by atoms with van der Waals surface area (Å²) in [5, 5.41) is 27.4. The van der Waals surface area contributed by atoms with Gasteiger partial charge in [0.05, 0.1) is 23.8 Å². The summed E-state index contributed by atoms with van der Waals surface area (Å²) in [4.78, 5) is 29.7. The van der Waals surface area contributed by atoms with Crippen molar-refractivity contribution in [3.8, 4) is 24.7 Å². The number of nitrogens with zero attached hydrogens (tertiary/aromatic N) is 2. The van der Waals surface area contributed by atoms with Crippen molar-refractivity contribution in [2.24, 2.45) is 11.8 Å². The molecule has 0 heterocycles. The monoisotopic (exact) mass is 720 g/mol. The summed E-state index contributed by atoms with van der Waals surface area (Å²) < 4.78 is 28.6. The first-order valence-electron chi connectivity index (χ1n) is 18.0. The Labute approximate surface area is 305 Å². The molecule has 51 heavy (non-hydrogen) atoms. The lowest BCUT2D eigenvalue weighted by Gasteiger charge is -2.33. The quantitative estimate of drug-likeness (QED) is 0.145. The normalized spacial score (nSPS) is 16.7. The molecule has 4 N–H and O–H groups in total. The van der Waals surface area contributed by atoms with Gasteiger partial charge >= 0.3 is 0 Å². The van der Waals surface area contributed by atoms with Crippen molar-refractivity contribution in [2.75, 3.05) is 32.9 Å².